The van der Waals surface area contributed by atoms with Crippen molar-refractivity contribution < 1.29 is 0 Å². The zero-order valence-electron chi connectivity index (χ0n) is 27.4. The van der Waals surface area contributed by atoms with Crippen LogP contribution >= 0.6 is 0 Å². The van der Waals surface area contributed by atoms with E-state index in [0.717, 1.165) is 30.6 Å². The Balaban J connectivity index is 1.14. The molecule has 1 unspecified atom stereocenters. The average Bonchev–Trinajstić information content (AvgIpc) is 3.52. The molecule has 1 aromatic heterocycles. The second-order valence-corrected chi connectivity index (χ2v) is 13.2. The number of nitrogens with one attached hydrogen (secondary N) is 2. The van der Waals surface area contributed by atoms with Gasteiger partial charge in [-0.25, -0.2) is 0 Å². The van der Waals surface area contributed by atoms with E-state index in [2.05, 4.69) is 162 Å². The molecule has 0 amide bonds. The molecular weight excluding hydrogens is 595 g/mol. The molecule has 3 heteroatoms. The first-order valence-corrected chi connectivity index (χ1v) is 17.3. The lowest BCUT2D eigenvalue weighted by molar-refractivity contribution is 0.548. The molecule has 7 aromatic carbocycles. The van der Waals surface area contributed by atoms with Crippen LogP contribution in [0.3, 0.4) is 0 Å². The fourth-order valence-corrected chi connectivity index (χ4v) is 7.94. The standard InChI is InChI=1S/C46H37N3/c47-41(29-42(34-16-5-2-6-17-34)48-30-31-13-3-1-4-14-31)33-23-26-35(27-24-33)49-43-22-12-11-21-40(43)45-44-36-18-8-7-15-32(36)25-28-38(44)37-19-9-10-20-39(37)46(45)49/h1-10,12-20,22-28,42,47-48H,11,21,29-30H2. The number of benzene rings is 7. The van der Waals surface area contributed by atoms with Gasteiger partial charge in [0, 0.05) is 46.9 Å². The smallest absolute Gasteiger partial charge is 0.0622 e. The Morgan fingerprint density at radius 3 is 2.14 bits per heavy atom. The monoisotopic (exact) mass is 631 g/mol. The predicted octanol–water partition coefficient (Wildman–Crippen LogP) is 11.3. The lowest BCUT2D eigenvalue weighted by Crippen LogP contribution is -2.23. The van der Waals surface area contributed by atoms with Crippen molar-refractivity contribution >= 4 is 55.0 Å². The fraction of sp³-hybridized carbons (Fsp3) is 0.109. The molecule has 49 heavy (non-hydrogen) atoms. The molecule has 3 nitrogen and oxygen atoms in total. The summed E-state index contributed by atoms with van der Waals surface area (Å²) in [5.41, 5.74) is 9.11. The van der Waals surface area contributed by atoms with Gasteiger partial charge in [0.1, 0.15) is 0 Å². The molecular formula is C46H37N3. The van der Waals surface area contributed by atoms with Crippen molar-refractivity contribution in [2.45, 2.75) is 31.8 Å². The third-order valence-electron chi connectivity index (χ3n) is 10.3. The van der Waals surface area contributed by atoms with Crippen molar-refractivity contribution in [1.82, 2.24) is 9.88 Å². The van der Waals surface area contributed by atoms with Crippen LogP contribution in [-0.2, 0) is 13.0 Å². The van der Waals surface area contributed by atoms with Crippen molar-refractivity contribution in [3.8, 4) is 5.69 Å². The summed E-state index contributed by atoms with van der Waals surface area (Å²) in [5.74, 6) is 0. The van der Waals surface area contributed by atoms with Crippen molar-refractivity contribution in [2.24, 2.45) is 0 Å². The molecule has 0 bridgehead atoms. The lowest BCUT2D eigenvalue weighted by Gasteiger charge is -2.20. The third-order valence-corrected chi connectivity index (χ3v) is 10.3. The highest BCUT2D eigenvalue weighted by Gasteiger charge is 2.24. The number of aromatic nitrogens is 1. The topological polar surface area (TPSA) is 40.8 Å². The number of hydrogen-bond acceptors (Lipinski definition) is 2. The van der Waals surface area contributed by atoms with E-state index >= 15 is 0 Å². The minimum atomic E-state index is 0.0357. The third kappa shape index (κ3) is 5.15. The molecule has 1 aliphatic rings. The van der Waals surface area contributed by atoms with Gasteiger partial charge in [-0.1, -0.05) is 140 Å². The SMILES string of the molecule is N=C(CC(NCc1ccccc1)c1ccccc1)c1ccc(-n2c3c(c4c5c6ccccc6ccc5c5ccccc5c42)CCC=C3)cc1. The molecule has 1 atom stereocenters. The van der Waals surface area contributed by atoms with Crippen molar-refractivity contribution in [3.05, 3.63) is 180 Å². The van der Waals surface area contributed by atoms with Crippen LogP contribution in [0.2, 0.25) is 0 Å². The van der Waals surface area contributed by atoms with Gasteiger partial charge in [-0.15, -0.1) is 0 Å². The van der Waals surface area contributed by atoms with Gasteiger partial charge in [-0.3, -0.25) is 0 Å². The van der Waals surface area contributed by atoms with Crippen molar-refractivity contribution in [3.63, 3.8) is 0 Å². The molecule has 0 fully saturated rings. The Kier molecular flexibility index (Phi) is 7.41. The first-order chi connectivity index (χ1) is 24.2. The highest BCUT2D eigenvalue weighted by atomic mass is 15.0. The predicted molar refractivity (Wildman–Crippen MR) is 207 cm³/mol. The molecule has 8 aromatic rings. The van der Waals surface area contributed by atoms with Crippen LogP contribution in [0.4, 0.5) is 0 Å². The molecule has 1 heterocycles. The van der Waals surface area contributed by atoms with E-state index in [-0.39, 0.29) is 6.04 Å². The number of aryl methyl sites for hydroxylation is 1. The Hall–Kier alpha value is -5.77. The second-order valence-electron chi connectivity index (χ2n) is 13.2. The summed E-state index contributed by atoms with van der Waals surface area (Å²) in [6, 6.07) is 52.0. The molecule has 2 N–H and O–H groups in total. The van der Waals surface area contributed by atoms with Crippen LogP contribution in [0.1, 0.15) is 46.8 Å². The normalized spacial score (nSPS) is 13.3. The van der Waals surface area contributed by atoms with E-state index in [4.69, 9.17) is 0 Å². The molecule has 0 saturated carbocycles. The van der Waals surface area contributed by atoms with E-state index in [9.17, 15) is 5.41 Å². The molecule has 236 valence electrons. The first kappa shape index (κ1) is 29.4. The van der Waals surface area contributed by atoms with Crippen molar-refractivity contribution in [1.29, 1.82) is 5.41 Å². The van der Waals surface area contributed by atoms with Gasteiger partial charge in [0.25, 0.3) is 0 Å². The van der Waals surface area contributed by atoms with E-state index in [1.54, 1.807) is 0 Å². The second kappa shape index (κ2) is 12.4. The van der Waals surface area contributed by atoms with Crippen LogP contribution in [0.5, 0.6) is 0 Å². The zero-order chi connectivity index (χ0) is 32.7. The number of nitrogens with zero attached hydrogens (tertiary/aromatic N) is 1. The van der Waals surface area contributed by atoms with Gasteiger partial charge in [0.05, 0.1) is 5.52 Å². The maximum absolute atomic E-state index is 9.24. The Morgan fingerprint density at radius 2 is 1.35 bits per heavy atom. The van der Waals surface area contributed by atoms with Crippen LogP contribution in [0, 0.1) is 5.41 Å². The first-order valence-electron chi connectivity index (χ1n) is 17.3. The highest BCUT2D eigenvalue weighted by molar-refractivity contribution is 6.32. The number of rotatable bonds is 8. The van der Waals surface area contributed by atoms with Gasteiger partial charge >= 0.3 is 0 Å². The fourth-order valence-electron chi connectivity index (χ4n) is 7.94. The van der Waals surface area contributed by atoms with Gasteiger partial charge < -0.3 is 15.3 Å². The molecule has 0 spiro atoms. The summed E-state index contributed by atoms with van der Waals surface area (Å²) in [4.78, 5) is 0. The van der Waals surface area contributed by atoms with E-state index < -0.39 is 0 Å². The van der Waals surface area contributed by atoms with Crippen LogP contribution in [-0.4, -0.2) is 10.3 Å². The molecule has 0 saturated heterocycles. The Bertz CT molecular complexity index is 2520. The van der Waals surface area contributed by atoms with Gasteiger partial charge in [-0.05, 0) is 80.2 Å². The lowest BCUT2D eigenvalue weighted by atomic mass is 9.90. The maximum Gasteiger partial charge on any atom is 0.0622 e. The number of fused-ring (bicyclic) bond motifs is 10. The van der Waals surface area contributed by atoms with E-state index in [1.165, 1.54) is 65.6 Å². The van der Waals surface area contributed by atoms with Crippen molar-refractivity contribution in [2.75, 3.05) is 0 Å². The molecule has 9 rings (SSSR count). The summed E-state index contributed by atoms with van der Waals surface area (Å²) >= 11 is 0. The summed E-state index contributed by atoms with van der Waals surface area (Å²) < 4.78 is 2.48. The quantitative estimate of drug-likeness (QED) is 0.127. The summed E-state index contributed by atoms with van der Waals surface area (Å²) in [6.07, 6.45) is 7.30. The van der Waals surface area contributed by atoms with Crippen LogP contribution in [0.25, 0.3) is 55.0 Å². The summed E-state index contributed by atoms with van der Waals surface area (Å²) in [6.45, 7) is 0.754. The number of allylic oxidation sites excluding steroid dienone is 1. The Labute approximate surface area is 286 Å². The van der Waals surface area contributed by atoms with Gasteiger partial charge in [0.15, 0.2) is 0 Å². The van der Waals surface area contributed by atoms with E-state index in [0.29, 0.717) is 12.1 Å². The minimum Gasteiger partial charge on any atom is -0.309 e. The Morgan fingerprint density at radius 1 is 0.653 bits per heavy atom. The van der Waals surface area contributed by atoms with Crippen LogP contribution in [0.15, 0.2) is 152 Å². The van der Waals surface area contributed by atoms with Gasteiger partial charge in [-0.2, -0.15) is 0 Å². The number of hydrogen-bond donors (Lipinski definition) is 2. The van der Waals surface area contributed by atoms with Crippen LogP contribution < -0.4 is 5.32 Å². The summed E-state index contributed by atoms with van der Waals surface area (Å²) in [7, 11) is 0. The van der Waals surface area contributed by atoms with Gasteiger partial charge in [0.2, 0.25) is 0 Å². The largest absolute Gasteiger partial charge is 0.309 e. The average molecular weight is 632 g/mol. The zero-order valence-corrected chi connectivity index (χ0v) is 27.4. The molecule has 0 aliphatic heterocycles. The molecule has 1 aliphatic carbocycles. The highest BCUT2D eigenvalue weighted by Crippen LogP contribution is 2.45. The molecule has 0 radical (unpaired) electrons. The maximum atomic E-state index is 9.24. The minimum absolute atomic E-state index is 0.0357. The summed E-state index contributed by atoms with van der Waals surface area (Å²) in [5, 5.41) is 22.1. The van der Waals surface area contributed by atoms with E-state index in [1.807, 2.05) is 6.07 Å².